The van der Waals surface area contributed by atoms with Gasteiger partial charge in [-0.3, -0.25) is 4.79 Å². The van der Waals surface area contributed by atoms with E-state index in [9.17, 15) is 4.79 Å². The number of thioether (sulfide) groups is 1. The van der Waals surface area contributed by atoms with Gasteiger partial charge in [-0.2, -0.15) is 0 Å². The fourth-order valence-electron chi connectivity index (χ4n) is 2.48. The van der Waals surface area contributed by atoms with Crippen LogP contribution < -0.4 is 20.5 Å². The molecular formula is C19H22N2O3S. The van der Waals surface area contributed by atoms with Crippen LogP contribution in [0.5, 0.6) is 11.5 Å². The summed E-state index contributed by atoms with van der Waals surface area (Å²) >= 11 is 1.63. The van der Waals surface area contributed by atoms with Gasteiger partial charge in [-0.25, -0.2) is 0 Å². The van der Waals surface area contributed by atoms with Crippen molar-refractivity contribution in [3.8, 4) is 11.5 Å². The van der Waals surface area contributed by atoms with Gasteiger partial charge in [-0.1, -0.05) is 6.07 Å². The molecule has 0 bridgehead atoms. The third-order valence-corrected chi connectivity index (χ3v) is 4.85. The number of amides is 1. The van der Waals surface area contributed by atoms with Crippen LogP contribution in [0.4, 0.5) is 11.4 Å². The van der Waals surface area contributed by atoms with Crippen LogP contribution in [0.25, 0.3) is 0 Å². The average Bonchev–Trinajstić information content (AvgIpc) is 2.83. The van der Waals surface area contributed by atoms with Crippen molar-refractivity contribution in [2.45, 2.75) is 24.7 Å². The van der Waals surface area contributed by atoms with Gasteiger partial charge in [-0.15, -0.1) is 11.8 Å². The van der Waals surface area contributed by atoms with Crippen LogP contribution in [0, 0.1) is 6.92 Å². The normalized spacial score (nSPS) is 13.2. The number of carbonyl (C=O) groups is 1. The van der Waals surface area contributed by atoms with E-state index in [2.05, 4.69) is 5.32 Å². The number of nitrogens with one attached hydrogen (secondary N) is 1. The van der Waals surface area contributed by atoms with Crippen molar-refractivity contribution in [2.75, 3.05) is 30.0 Å². The number of carbonyl (C=O) groups excluding carboxylic acids is 1. The minimum atomic E-state index is -0.0180. The number of benzene rings is 2. The Morgan fingerprint density at radius 3 is 2.80 bits per heavy atom. The first kappa shape index (κ1) is 17.5. The lowest BCUT2D eigenvalue weighted by Gasteiger charge is -2.10. The maximum absolute atomic E-state index is 12.1. The molecule has 0 atom stereocenters. The van der Waals surface area contributed by atoms with Gasteiger partial charge in [0.1, 0.15) is 0 Å². The van der Waals surface area contributed by atoms with Gasteiger partial charge in [0.25, 0.3) is 0 Å². The SMILES string of the molecule is Cc1ccc(N)cc1NC(=O)CCSc1ccc2c(c1)OCCCO2. The van der Waals surface area contributed by atoms with Gasteiger partial charge in [0.15, 0.2) is 11.5 Å². The molecule has 3 rings (SSSR count). The number of nitrogen functional groups attached to an aromatic ring is 1. The Balaban J connectivity index is 1.51. The third kappa shape index (κ3) is 4.82. The van der Waals surface area contributed by atoms with E-state index >= 15 is 0 Å². The second-order valence-electron chi connectivity index (χ2n) is 5.88. The molecule has 3 N–H and O–H groups in total. The molecule has 0 aromatic heterocycles. The van der Waals surface area contributed by atoms with Gasteiger partial charge in [-0.05, 0) is 42.8 Å². The fraction of sp³-hybridized carbons (Fsp3) is 0.316. The molecule has 1 aliphatic heterocycles. The highest BCUT2D eigenvalue weighted by molar-refractivity contribution is 7.99. The third-order valence-electron chi connectivity index (χ3n) is 3.85. The molecule has 0 fully saturated rings. The Bertz CT molecular complexity index is 764. The molecule has 0 spiro atoms. The quantitative estimate of drug-likeness (QED) is 0.627. The lowest BCUT2D eigenvalue weighted by Crippen LogP contribution is -2.13. The number of aryl methyl sites for hydroxylation is 1. The Hall–Kier alpha value is -2.34. The minimum absolute atomic E-state index is 0.0180. The molecule has 5 nitrogen and oxygen atoms in total. The topological polar surface area (TPSA) is 73.6 Å². The summed E-state index contributed by atoms with van der Waals surface area (Å²) in [6.07, 6.45) is 1.31. The first-order valence-corrected chi connectivity index (χ1v) is 9.29. The van der Waals surface area contributed by atoms with E-state index in [4.69, 9.17) is 15.2 Å². The Kier molecular flexibility index (Phi) is 5.71. The number of hydrogen-bond acceptors (Lipinski definition) is 5. The van der Waals surface area contributed by atoms with Crippen LogP contribution in [-0.4, -0.2) is 24.9 Å². The highest BCUT2D eigenvalue weighted by atomic mass is 32.2. The molecule has 1 aliphatic rings. The second kappa shape index (κ2) is 8.16. The summed E-state index contributed by atoms with van der Waals surface area (Å²) in [5.74, 6) is 2.24. The highest BCUT2D eigenvalue weighted by Gasteiger charge is 2.11. The van der Waals surface area contributed by atoms with Gasteiger partial charge >= 0.3 is 0 Å². The summed E-state index contributed by atoms with van der Waals surface area (Å²) in [4.78, 5) is 13.2. The molecule has 1 heterocycles. The van der Waals surface area contributed by atoms with E-state index < -0.39 is 0 Å². The van der Waals surface area contributed by atoms with Crippen molar-refractivity contribution >= 4 is 29.0 Å². The summed E-state index contributed by atoms with van der Waals surface area (Å²) in [5, 5.41) is 2.92. The van der Waals surface area contributed by atoms with Crippen LogP contribution >= 0.6 is 11.8 Å². The molecule has 0 radical (unpaired) electrons. The molecule has 6 heteroatoms. The van der Waals surface area contributed by atoms with E-state index in [1.165, 1.54) is 0 Å². The van der Waals surface area contributed by atoms with Crippen molar-refractivity contribution in [3.05, 3.63) is 42.0 Å². The van der Waals surface area contributed by atoms with E-state index in [1.807, 2.05) is 37.3 Å². The van der Waals surface area contributed by atoms with Crippen molar-refractivity contribution in [1.29, 1.82) is 0 Å². The minimum Gasteiger partial charge on any atom is -0.490 e. The van der Waals surface area contributed by atoms with Crippen LogP contribution in [0.2, 0.25) is 0 Å². The molecule has 2 aromatic carbocycles. The molecule has 0 aliphatic carbocycles. The Labute approximate surface area is 151 Å². The second-order valence-corrected chi connectivity index (χ2v) is 7.05. The summed E-state index contributed by atoms with van der Waals surface area (Å²) in [5.41, 5.74) is 8.18. The summed E-state index contributed by atoms with van der Waals surface area (Å²) in [6.45, 7) is 3.30. The van der Waals surface area contributed by atoms with E-state index in [0.29, 0.717) is 31.1 Å². The Morgan fingerprint density at radius 2 is 1.96 bits per heavy atom. The lowest BCUT2D eigenvalue weighted by atomic mass is 10.2. The highest BCUT2D eigenvalue weighted by Crippen LogP contribution is 2.34. The number of anilines is 2. The van der Waals surface area contributed by atoms with Crippen LogP contribution in [0.15, 0.2) is 41.3 Å². The van der Waals surface area contributed by atoms with Crippen molar-refractivity contribution in [1.82, 2.24) is 0 Å². The van der Waals surface area contributed by atoms with Gasteiger partial charge < -0.3 is 20.5 Å². The molecule has 0 saturated heterocycles. The zero-order valence-electron chi connectivity index (χ0n) is 14.2. The molecule has 132 valence electrons. The first-order chi connectivity index (χ1) is 12.1. The van der Waals surface area contributed by atoms with Gasteiger partial charge in [0.05, 0.1) is 13.2 Å². The molecule has 2 aromatic rings. The Morgan fingerprint density at radius 1 is 1.16 bits per heavy atom. The monoisotopic (exact) mass is 358 g/mol. The van der Waals surface area contributed by atoms with Crippen LogP contribution in [0.3, 0.4) is 0 Å². The zero-order chi connectivity index (χ0) is 17.6. The van der Waals surface area contributed by atoms with Crippen molar-refractivity contribution in [3.63, 3.8) is 0 Å². The van der Waals surface area contributed by atoms with E-state index in [1.54, 1.807) is 17.8 Å². The number of fused-ring (bicyclic) bond motifs is 1. The summed E-state index contributed by atoms with van der Waals surface area (Å²) in [6, 6.07) is 11.4. The zero-order valence-corrected chi connectivity index (χ0v) is 15.0. The van der Waals surface area contributed by atoms with E-state index in [0.717, 1.165) is 34.1 Å². The number of nitrogens with two attached hydrogens (primary N) is 1. The maximum Gasteiger partial charge on any atom is 0.225 e. The number of rotatable bonds is 5. The maximum atomic E-state index is 12.1. The van der Waals surface area contributed by atoms with Gasteiger partial charge in [0.2, 0.25) is 5.91 Å². The van der Waals surface area contributed by atoms with Crippen molar-refractivity contribution in [2.24, 2.45) is 0 Å². The van der Waals surface area contributed by atoms with Crippen molar-refractivity contribution < 1.29 is 14.3 Å². The average molecular weight is 358 g/mol. The standard InChI is InChI=1S/C19H22N2O3S/c1-13-3-4-14(20)11-16(13)21-19(22)7-10-25-15-5-6-17-18(12-15)24-9-2-8-23-17/h3-6,11-12H,2,7-10,20H2,1H3,(H,21,22). The van der Waals surface area contributed by atoms with Crippen LogP contribution in [0.1, 0.15) is 18.4 Å². The first-order valence-electron chi connectivity index (χ1n) is 8.30. The molecule has 25 heavy (non-hydrogen) atoms. The largest absolute Gasteiger partial charge is 0.490 e. The van der Waals surface area contributed by atoms with E-state index in [-0.39, 0.29) is 5.91 Å². The molecule has 0 saturated carbocycles. The predicted octanol–water partition coefficient (Wildman–Crippen LogP) is 3.86. The molecule has 0 unspecified atom stereocenters. The van der Waals surface area contributed by atoms with Crippen LogP contribution in [-0.2, 0) is 4.79 Å². The van der Waals surface area contributed by atoms with Gasteiger partial charge in [0, 0.05) is 34.9 Å². The molecule has 1 amide bonds. The smallest absolute Gasteiger partial charge is 0.225 e. The lowest BCUT2D eigenvalue weighted by molar-refractivity contribution is -0.115. The summed E-state index contributed by atoms with van der Waals surface area (Å²) < 4.78 is 11.3. The molecular weight excluding hydrogens is 336 g/mol. The fourth-order valence-corrected chi connectivity index (χ4v) is 3.36. The predicted molar refractivity (Wildman–Crippen MR) is 102 cm³/mol. The number of ether oxygens (including phenoxy) is 2. The number of hydrogen-bond donors (Lipinski definition) is 2. The summed E-state index contributed by atoms with van der Waals surface area (Å²) in [7, 11) is 0.